The van der Waals surface area contributed by atoms with Crippen molar-refractivity contribution in [1.29, 1.82) is 0 Å². The first-order valence-corrected chi connectivity index (χ1v) is 9.39. The number of carboxylic acids is 1. The van der Waals surface area contributed by atoms with Gasteiger partial charge in [0.2, 0.25) is 0 Å². The molecule has 1 N–H and O–H groups in total. The van der Waals surface area contributed by atoms with Gasteiger partial charge >= 0.3 is 16.1 Å². The first kappa shape index (κ1) is 17.8. The second-order valence-corrected chi connectivity index (χ2v) is 7.50. The van der Waals surface area contributed by atoms with E-state index >= 15 is 0 Å². The smallest absolute Gasteiger partial charge is 0.335 e. The van der Waals surface area contributed by atoms with Gasteiger partial charge in [0.05, 0.1) is 21.6 Å². The van der Waals surface area contributed by atoms with Crippen LogP contribution in [0.1, 0.15) is 31.1 Å². The van der Waals surface area contributed by atoms with Gasteiger partial charge in [-0.05, 0) is 35.7 Å². The zero-order chi connectivity index (χ0) is 20.1. The topological polar surface area (TPSA) is 118 Å². The van der Waals surface area contributed by atoms with Gasteiger partial charge in [0.1, 0.15) is 0 Å². The fourth-order valence-electron chi connectivity index (χ4n) is 3.00. The quantitative estimate of drug-likeness (QED) is 0.672. The molecule has 140 valence electrons. The molecular weight excluding hydrogens is 386 g/mol. The Morgan fingerprint density at radius 2 is 1.46 bits per heavy atom. The second-order valence-electron chi connectivity index (χ2n) is 5.98. The number of aromatic carboxylic acids is 1. The fraction of sp³-hybridized carbons (Fsp3) is 0. The predicted octanol–water partition coefficient (Wildman–Crippen LogP) is 2.45. The first-order chi connectivity index (χ1) is 13.3. The summed E-state index contributed by atoms with van der Waals surface area (Å²) in [5.41, 5.74) is -0.0274. The number of carboxylic acid groups (broad SMARTS) is 1. The Hall–Kier alpha value is -3.56. The van der Waals surface area contributed by atoms with Crippen LogP contribution in [0.3, 0.4) is 0 Å². The van der Waals surface area contributed by atoms with Crippen LogP contribution in [-0.2, 0) is 14.4 Å². The lowest BCUT2D eigenvalue weighted by Crippen LogP contribution is -2.41. The minimum Gasteiger partial charge on any atom is -0.478 e. The molecule has 3 aromatic carbocycles. The molecule has 0 radical (unpaired) electrons. The molecule has 28 heavy (non-hydrogen) atoms. The Morgan fingerprint density at radius 1 is 0.893 bits per heavy atom. The third kappa shape index (κ3) is 2.73. The number of imide groups is 1. The fourth-order valence-corrected chi connectivity index (χ4v) is 3.94. The van der Waals surface area contributed by atoms with Crippen molar-refractivity contribution in [3.05, 3.63) is 77.4 Å². The molecule has 2 amide bonds. The van der Waals surface area contributed by atoms with Gasteiger partial charge in [0.25, 0.3) is 11.8 Å². The van der Waals surface area contributed by atoms with Crippen LogP contribution in [-0.4, -0.2) is 36.4 Å². The molecule has 0 unspecified atom stereocenters. The number of hydrogen-bond donors (Lipinski definition) is 1. The molecule has 0 atom stereocenters. The van der Waals surface area contributed by atoms with Gasteiger partial charge in [-0.15, -0.1) is 9.35 Å². The molecule has 9 heteroatoms. The van der Waals surface area contributed by atoms with Crippen molar-refractivity contribution in [2.24, 2.45) is 0 Å². The zero-order valence-corrected chi connectivity index (χ0v) is 14.8. The maximum atomic E-state index is 12.7. The number of carbonyl (C=O) groups excluding carboxylic acids is 2. The maximum Gasteiger partial charge on any atom is 0.335 e. The minimum atomic E-state index is -4.63. The third-order valence-electron chi connectivity index (χ3n) is 4.28. The molecule has 3 aromatic rings. The molecule has 0 aromatic heterocycles. The average Bonchev–Trinajstić information content (AvgIpc) is 2.69. The first-order valence-electron chi connectivity index (χ1n) is 7.98. The summed E-state index contributed by atoms with van der Waals surface area (Å²) < 4.78 is 29.9. The van der Waals surface area contributed by atoms with Crippen LogP contribution >= 0.6 is 0 Å². The van der Waals surface area contributed by atoms with Gasteiger partial charge in [0, 0.05) is 5.39 Å². The predicted molar refractivity (Wildman–Crippen MR) is 96.1 cm³/mol. The molecule has 0 spiro atoms. The Kier molecular flexibility index (Phi) is 3.98. The minimum absolute atomic E-state index is 0.127. The highest BCUT2D eigenvalue weighted by molar-refractivity contribution is 7.86. The molecule has 8 nitrogen and oxygen atoms in total. The molecule has 0 saturated heterocycles. The van der Waals surface area contributed by atoms with E-state index in [1.165, 1.54) is 24.3 Å². The van der Waals surface area contributed by atoms with Crippen LogP contribution in [0.15, 0.2) is 65.6 Å². The highest BCUT2D eigenvalue weighted by Gasteiger charge is 2.37. The number of rotatable bonds is 4. The molecule has 1 aliphatic rings. The van der Waals surface area contributed by atoms with Gasteiger partial charge in [-0.2, -0.15) is 8.42 Å². The summed E-state index contributed by atoms with van der Waals surface area (Å²) in [7, 11) is -4.63. The number of hydrogen-bond acceptors (Lipinski definition) is 6. The highest BCUT2D eigenvalue weighted by Crippen LogP contribution is 2.31. The van der Waals surface area contributed by atoms with Crippen LogP contribution in [0.5, 0.6) is 0 Å². The van der Waals surface area contributed by atoms with Crippen LogP contribution < -0.4 is 0 Å². The largest absolute Gasteiger partial charge is 0.478 e. The van der Waals surface area contributed by atoms with E-state index in [2.05, 4.69) is 0 Å². The van der Waals surface area contributed by atoms with Gasteiger partial charge < -0.3 is 5.11 Å². The molecule has 0 bridgehead atoms. The van der Waals surface area contributed by atoms with E-state index in [1.807, 2.05) is 0 Å². The van der Waals surface area contributed by atoms with Crippen molar-refractivity contribution in [3.8, 4) is 0 Å². The number of amides is 2. The lowest BCUT2D eigenvalue weighted by molar-refractivity contribution is -0.0155. The molecular formula is C19H11NO7S. The summed E-state index contributed by atoms with van der Waals surface area (Å²) >= 11 is 0. The second kappa shape index (κ2) is 6.25. The molecule has 4 rings (SSSR count). The Balaban J connectivity index is 1.77. The Labute approximate surface area is 158 Å². The van der Waals surface area contributed by atoms with Crippen LogP contribution in [0.25, 0.3) is 10.8 Å². The zero-order valence-electron chi connectivity index (χ0n) is 14.0. The van der Waals surface area contributed by atoms with Crippen LogP contribution in [0.2, 0.25) is 0 Å². The SMILES string of the molecule is O=C(O)c1cccc(S(=O)(=O)ON2C(=O)c3cccc4cccc(c34)C2=O)c1. The number of benzene rings is 3. The molecule has 0 fully saturated rings. The average molecular weight is 397 g/mol. The van der Waals surface area contributed by atoms with Crippen LogP contribution in [0.4, 0.5) is 0 Å². The summed E-state index contributed by atoms with van der Waals surface area (Å²) in [6.45, 7) is 0. The number of carbonyl (C=O) groups is 3. The van der Waals surface area contributed by atoms with Crippen molar-refractivity contribution >= 4 is 38.7 Å². The van der Waals surface area contributed by atoms with Gasteiger partial charge in [-0.3, -0.25) is 9.59 Å². The summed E-state index contributed by atoms with van der Waals surface area (Å²) in [6, 6.07) is 14.0. The summed E-state index contributed by atoms with van der Waals surface area (Å²) in [6.07, 6.45) is 0. The van der Waals surface area contributed by atoms with Gasteiger partial charge in [-0.25, -0.2) is 4.79 Å². The van der Waals surface area contributed by atoms with E-state index in [4.69, 9.17) is 9.39 Å². The van der Waals surface area contributed by atoms with E-state index in [-0.39, 0.29) is 21.8 Å². The lowest BCUT2D eigenvalue weighted by atomic mass is 9.95. The van der Waals surface area contributed by atoms with Gasteiger partial charge in [-0.1, -0.05) is 30.3 Å². The molecule has 1 aliphatic heterocycles. The Bertz CT molecular complexity index is 1230. The summed E-state index contributed by atoms with van der Waals surface area (Å²) in [5.74, 6) is -3.18. The lowest BCUT2D eigenvalue weighted by Gasteiger charge is -2.25. The van der Waals surface area contributed by atoms with Crippen molar-refractivity contribution in [1.82, 2.24) is 5.06 Å². The highest BCUT2D eigenvalue weighted by atomic mass is 32.2. The summed E-state index contributed by atoms with van der Waals surface area (Å²) in [5, 5.41) is 10.3. The van der Waals surface area contributed by atoms with Crippen molar-refractivity contribution < 1.29 is 32.2 Å². The number of nitrogens with zero attached hydrogens (tertiary/aromatic N) is 1. The molecule has 0 aliphatic carbocycles. The van der Waals surface area contributed by atoms with E-state index in [0.717, 1.165) is 12.1 Å². The van der Waals surface area contributed by atoms with Crippen molar-refractivity contribution in [3.63, 3.8) is 0 Å². The normalized spacial score (nSPS) is 13.8. The van der Waals surface area contributed by atoms with Crippen LogP contribution in [0, 0.1) is 0 Å². The van der Waals surface area contributed by atoms with E-state index < -0.39 is 32.8 Å². The number of hydroxylamine groups is 2. The molecule has 1 heterocycles. The Morgan fingerprint density at radius 3 is 2.04 bits per heavy atom. The van der Waals surface area contributed by atoms with Crippen molar-refractivity contribution in [2.75, 3.05) is 0 Å². The summed E-state index contributed by atoms with van der Waals surface area (Å²) in [4.78, 5) is 36.0. The monoisotopic (exact) mass is 397 g/mol. The third-order valence-corrected chi connectivity index (χ3v) is 5.45. The van der Waals surface area contributed by atoms with Crippen molar-refractivity contribution in [2.45, 2.75) is 4.90 Å². The molecule has 0 saturated carbocycles. The van der Waals surface area contributed by atoms with E-state index in [1.54, 1.807) is 24.3 Å². The van der Waals surface area contributed by atoms with E-state index in [0.29, 0.717) is 10.8 Å². The van der Waals surface area contributed by atoms with Gasteiger partial charge in [0.15, 0.2) is 0 Å². The van der Waals surface area contributed by atoms with E-state index in [9.17, 15) is 22.8 Å². The maximum absolute atomic E-state index is 12.7. The standard InChI is InChI=1S/C19H11NO7S/c21-17-14-8-2-4-11-5-3-9-15(16(11)14)18(22)20(17)27-28(25,26)13-7-1-6-12(10-13)19(23)24/h1-10H,(H,23,24).